The molecule has 0 saturated carbocycles. The Morgan fingerprint density at radius 1 is 0.962 bits per heavy atom. The van der Waals surface area contributed by atoms with Crippen molar-refractivity contribution in [2.24, 2.45) is 0 Å². The van der Waals surface area contributed by atoms with E-state index in [1.165, 1.54) is 24.3 Å². The molecule has 0 saturated heterocycles. The largest absolute Gasteiger partial charge is 0.573 e. The third-order valence-electron chi connectivity index (χ3n) is 3.33. The lowest BCUT2D eigenvalue weighted by molar-refractivity contribution is -0.274. The summed E-state index contributed by atoms with van der Waals surface area (Å²) < 4.78 is 53.7. The minimum Gasteiger partial charge on any atom is -0.406 e. The van der Waals surface area contributed by atoms with Crippen LogP contribution in [-0.2, 0) is 4.84 Å². The highest BCUT2D eigenvalue weighted by Crippen LogP contribution is 2.26. The van der Waals surface area contributed by atoms with Crippen LogP contribution in [0.2, 0.25) is 0 Å². The Hall–Kier alpha value is -3.43. The molecule has 0 unspecified atom stereocenters. The van der Waals surface area contributed by atoms with Crippen LogP contribution in [0.5, 0.6) is 5.75 Å². The number of carbonyl (C=O) groups excluding carboxylic acids is 3. The topological polar surface area (TPSA) is 72.9 Å². The number of ether oxygens (including phenoxy) is 1. The average molecular weight is 369 g/mol. The first kappa shape index (κ1) is 17.4. The maximum absolute atomic E-state index is 13.9. The standard InChI is InChI=1S/C16H7F4NO5/c17-12-7-8(25-16(18,19)20)5-6-11(12)15(24)26-21-13(22)9-3-1-2-4-10(9)14(21)23/h1-7H. The molecule has 0 aromatic heterocycles. The molecule has 26 heavy (non-hydrogen) atoms. The zero-order valence-electron chi connectivity index (χ0n) is 12.5. The molecule has 0 atom stereocenters. The summed E-state index contributed by atoms with van der Waals surface area (Å²) in [6.07, 6.45) is -5.03. The number of amides is 2. The zero-order chi connectivity index (χ0) is 19.1. The summed E-state index contributed by atoms with van der Waals surface area (Å²) in [4.78, 5) is 40.7. The molecule has 3 rings (SSSR count). The van der Waals surface area contributed by atoms with E-state index in [1.807, 2.05) is 0 Å². The van der Waals surface area contributed by atoms with E-state index in [9.17, 15) is 31.9 Å². The fourth-order valence-electron chi connectivity index (χ4n) is 2.24. The molecule has 2 aromatic carbocycles. The Morgan fingerprint density at radius 2 is 1.54 bits per heavy atom. The number of hydrogen-bond donors (Lipinski definition) is 0. The van der Waals surface area contributed by atoms with Crippen molar-refractivity contribution in [1.82, 2.24) is 5.06 Å². The van der Waals surface area contributed by atoms with E-state index in [-0.39, 0.29) is 16.2 Å². The van der Waals surface area contributed by atoms with E-state index < -0.39 is 41.3 Å². The lowest BCUT2D eigenvalue weighted by Gasteiger charge is -2.13. The van der Waals surface area contributed by atoms with Gasteiger partial charge >= 0.3 is 12.3 Å². The highest BCUT2D eigenvalue weighted by molar-refractivity contribution is 6.21. The summed E-state index contributed by atoms with van der Waals surface area (Å²) in [6.45, 7) is 0. The first-order chi connectivity index (χ1) is 12.2. The second-order valence-corrected chi connectivity index (χ2v) is 5.02. The summed E-state index contributed by atoms with van der Waals surface area (Å²) in [7, 11) is 0. The molecule has 2 amide bonds. The molecule has 0 spiro atoms. The SMILES string of the molecule is O=C(ON1C(=O)c2ccccc2C1=O)c1ccc(OC(F)(F)F)cc1F. The van der Waals surface area contributed by atoms with Crippen LogP contribution in [0.25, 0.3) is 0 Å². The van der Waals surface area contributed by atoms with Crippen molar-refractivity contribution in [3.05, 3.63) is 65.0 Å². The fourth-order valence-corrected chi connectivity index (χ4v) is 2.24. The van der Waals surface area contributed by atoms with Gasteiger partial charge in [-0.25, -0.2) is 9.18 Å². The minimum atomic E-state index is -5.03. The summed E-state index contributed by atoms with van der Waals surface area (Å²) in [5.74, 6) is -5.54. The highest BCUT2D eigenvalue weighted by atomic mass is 19.4. The number of nitrogens with zero attached hydrogens (tertiary/aromatic N) is 1. The van der Waals surface area contributed by atoms with Gasteiger partial charge in [-0.3, -0.25) is 9.59 Å². The van der Waals surface area contributed by atoms with E-state index in [1.54, 1.807) is 0 Å². The highest BCUT2D eigenvalue weighted by Gasteiger charge is 2.39. The molecule has 1 aliphatic heterocycles. The first-order valence-electron chi connectivity index (χ1n) is 6.93. The van der Waals surface area contributed by atoms with E-state index in [0.29, 0.717) is 18.2 Å². The molecule has 0 radical (unpaired) electrons. The van der Waals surface area contributed by atoms with Crippen molar-refractivity contribution in [3.8, 4) is 5.75 Å². The van der Waals surface area contributed by atoms with Crippen LogP contribution in [0.3, 0.4) is 0 Å². The summed E-state index contributed by atoms with van der Waals surface area (Å²) >= 11 is 0. The smallest absolute Gasteiger partial charge is 0.406 e. The van der Waals surface area contributed by atoms with Gasteiger partial charge in [0.15, 0.2) is 0 Å². The average Bonchev–Trinajstić information content (AvgIpc) is 2.79. The van der Waals surface area contributed by atoms with Gasteiger partial charge < -0.3 is 9.57 Å². The van der Waals surface area contributed by atoms with Gasteiger partial charge in [0.05, 0.1) is 16.7 Å². The van der Waals surface area contributed by atoms with Gasteiger partial charge in [0.25, 0.3) is 11.8 Å². The van der Waals surface area contributed by atoms with Gasteiger partial charge in [-0.2, -0.15) is 0 Å². The number of carbonyl (C=O) groups is 3. The number of benzene rings is 2. The normalized spacial score (nSPS) is 13.6. The molecule has 0 aliphatic carbocycles. The molecule has 0 N–H and O–H groups in total. The zero-order valence-corrected chi connectivity index (χ0v) is 12.5. The van der Waals surface area contributed by atoms with E-state index >= 15 is 0 Å². The van der Waals surface area contributed by atoms with Crippen LogP contribution >= 0.6 is 0 Å². The van der Waals surface area contributed by atoms with Crippen LogP contribution in [0, 0.1) is 5.82 Å². The third-order valence-corrected chi connectivity index (χ3v) is 3.33. The predicted octanol–water partition coefficient (Wildman–Crippen LogP) is 3.09. The molecule has 0 bridgehead atoms. The van der Waals surface area contributed by atoms with Crippen molar-refractivity contribution in [1.29, 1.82) is 0 Å². The molecular weight excluding hydrogens is 362 g/mol. The van der Waals surface area contributed by atoms with Gasteiger partial charge in [-0.1, -0.05) is 17.2 Å². The molecule has 1 aliphatic rings. The quantitative estimate of drug-likeness (QED) is 0.614. The van der Waals surface area contributed by atoms with Crippen molar-refractivity contribution in [2.45, 2.75) is 6.36 Å². The molecule has 2 aromatic rings. The van der Waals surface area contributed by atoms with E-state index in [0.717, 1.165) is 0 Å². The third kappa shape index (κ3) is 3.21. The van der Waals surface area contributed by atoms with Crippen LogP contribution in [0.15, 0.2) is 42.5 Å². The van der Waals surface area contributed by atoms with E-state index in [4.69, 9.17) is 0 Å². The van der Waals surface area contributed by atoms with Gasteiger partial charge in [0.1, 0.15) is 11.6 Å². The molecule has 6 nitrogen and oxygen atoms in total. The maximum atomic E-state index is 13.9. The van der Waals surface area contributed by atoms with Crippen molar-refractivity contribution >= 4 is 17.8 Å². The maximum Gasteiger partial charge on any atom is 0.573 e. The first-order valence-corrected chi connectivity index (χ1v) is 6.93. The number of alkyl halides is 3. The van der Waals surface area contributed by atoms with Gasteiger partial charge in [-0.15, -0.1) is 13.2 Å². The van der Waals surface area contributed by atoms with Crippen molar-refractivity contribution in [3.63, 3.8) is 0 Å². The lowest BCUT2D eigenvalue weighted by Crippen LogP contribution is -2.33. The molecule has 1 heterocycles. The Kier molecular flexibility index (Phi) is 4.10. The Balaban J connectivity index is 1.79. The van der Waals surface area contributed by atoms with E-state index in [2.05, 4.69) is 9.57 Å². The second-order valence-electron chi connectivity index (χ2n) is 5.02. The Morgan fingerprint density at radius 3 is 2.04 bits per heavy atom. The number of hydroxylamine groups is 2. The van der Waals surface area contributed by atoms with Crippen LogP contribution in [0.4, 0.5) is 17.6 Å². The second kappa shape index (κ2) is 6.14. The predicted molar refractivity (Wildman–Crippen MR) is 75.4 cm³/mol. The number of fused-ring (bicyclic) bond motifs is 1. The molecule has 10 heteroatoms. The monoisotopic (exact) mass is 369 g/mol. The van der Waals surface area contributed by atoms with Crippen LogP contribution in [-0.4, -0.2) is 29.2 Å². The van der Waals surface area contributed by atoms with Gasteiger partial charge in [0, 0.05) is 6.07 Å². The van der Waals surface area contributed by atoms with Crippen molar-refractivity contribution in [2.75, 3.05) is 0 Å². The lowest BCUT2D eigenvalue weighted by atomic mass is 10.1. The summed E-state index contributed by atoms with van der Waals surface area (Å²) in [5.41, 5.74) is -0.782. The minimum absolute atomic E-state index is 0.000280. The fraction of sp³-hybridized carbons (Fsp3) is 0.0625. The summed E-state index contributed by atoms with van der Waals surface area (Å²) in [5, 5.41) is 0.159. The van der Waals surface area contributed by atoms with Gasteiger partial charge in [0.2, 0.25) is 0 Å². The summed E-state index contributed by atoms with van der Waals surface area (Å²) in [6, 6.07) is 7.36. The van der Waals surface area contributed by atoms with Crippen molar-refractivity contribution < 1.29 is 41.5 Å². The van der Waals surface area contributed by atoms with Crippen LogP contribution in [0.1, 0.15) is 31.1 Å². The van der Waals surface area contributed by atoms with Crippen LogP contribution < -0.4 is 4.74 Å². The molecule has 0 fully saturated rings. The number of hydrogen-bond acceptors (Lipinski definition) is 5. The Labute approximate surface area is 142 Å². The van der Waals surface area contributed by atoms with Gasteiger partial charge in [-0.05, 0) is 24.3 Å². The number of rotatable bonds is 3. The molecular formula is C16H7F4NO5. The Bertz CT molecular complexity index is 890. The number of halogens is 4. The molecule has 134 valence electrons. The number of imide groups is 1.